The first-order valence-electron chi connectivity index (χ1n) is 6.73. The van der Waals surface area contributed by atoms with E-state index >= 15 is 0 Å². The average molecular weight is 288 g/mol. The molecule has 20 heavy (non-hydrogen) atoms. The third-order valence-electron chi connectivity index (χ3n) is 2.17. The first-order valence-corrected chi connectivity index (χ1v) is 6.73. The first kappa shape index (κ1) is 18.4. The third-order valence-corrected chi connectivity index (χ3v) is 2.17. The summed E-state index contributed by atoms with van der Waals surface area (Å²) < 4.78 is 14.8. The van der Waals surface area contributed by atoms with Crippen LogP contribution in [0.25, 0.3) is 0 Å². The summed E-state index contributed by atoms with van der Waals surface area (Å²) in [5, 5.41) is 0. The van der Waals surface area contributed by atoms with E-state index in [0.717, 1.165) is 0 Å². The molecule has 0 aliphatic rings. The van der Waals surface area contributed by atoms with Crippen molar-refractivity contribution in [1.29, 1.82) is 0 Å². The van der Waals surface area contributed by atoms with Gasteiger partial charge in [0.25, 0.3) is 0 Å². The summed E-state index contributed by atoms with van der Waals surface area (Å²) in [6.07, 6.45) is -0.388. The molecule has 0 N–H and O–H groups in total. The molecular formula is C14H24O6. The number of carbonyl (C=O) groups is 3. The number of rotatable bonds is 7. The fraction of sp³-hybridized carbons (Fsp3) is 0.786. The molecule has 1 atom stereocenters. The van der Waals surface area contributed by atoms with Gasteiger partial charge in [0.15, 0.2) is 0 Å². The lowest BCUT2D eigenvalue weighted by Gasteiger charge is -2.21. The molecule has 6 heteroatoms. The van der Waals surface area contributed by atoms with Gasteiger partial charge in [0, 0.05) is 0 Å². The second kappa shape index (κ2) is 8.55. The van der Waals surface area contributed by atoms with Gasteiger partial charge in [0.05, 0.1) is 32.0 Å². The van der Waals surface area contributed by atoms with Gasteiger partial charge in [-0.05, 0) is 34.6 Å². The van der Waals surface area contributed by atoms with Crippen molar-refractivity contribution in [3.63, 3.8) is 0 Å². The minimum atomic E-state index is -0.871. The molecule has 0 amide bonds. The molecule has 0 saturated carbocycles. The van der Waals surface area contributed by atoms with Gasteiger partial charge in [0.1, 0.15) is 5.60 Å². The van der Waals surface area contributed by atoms with Crippen molar-refractivity contribution in [2.75, 3.05) is 13.2 Å². The van der Waals surface area contributed by atoms with Crippen molar-refractivity contribution in [1.82, 2.24) is 0 Å². The van der Waals surface area contributed by atoms with Crippen LogP contribution in [0.4, 0.5) is 0 Å². The van der Waals surface area contributed by atoms with Crippen LogP contribution in [0.3, 0.4) is 0 Å². The van der Waals surface area contributed by atoms with E-state index in [1.54, 1.807) is 34.6 Å². The zero-order chi connectivity index (χ0) is 15.8. The number of ether oxygens (including phenoxy) is 3. The predicted molar refractivity (Wildman–Crippen MR) is 71.8 cm³/mol. The Hall–Kier alpha value is -1.59. The summed E-state index contributed by atoms with van der Waals surface area (Å²) in [4.78, 5) is 34.9. The van der Waals surface area contributed by atoms with Gasteiger partial charge in [-0.15, -0.1) is 0 Å². The average Bonchev–Trinajstić information content (AvgIpc) is 2.26. The van der Waals surface area contributed by atoms with Crippen LogP contribution in [-0.2, 0) is 28.6 Å². The normalized spacial score (nSPS) is 12.4. The van der Waals surface area contributed by atoms with Gasteiger partial charge in [-0.1, -0.05) is 0 Å². The van der Waals surface area contributed by atoms with E-state index in [2.05, 4.69) is 0 Å². The summed E-state index contributed by atoms with van der Waals surface area (Å²) in [5.74, 6) is -2.54. The van der Waals surface area contributed by atoms with Gasteiger partial charge < -0.3 is 14.2 Å². The van der Waals surface area contributed by atoms with Gasteiger partial charge >= 0.3 is 17.9 Å². The van der Waals surface area contributed by atoms with Crippen molar-refractivity contribution < 1.29 is 28.6 Å². The highest BCUT2D eigenvalue weighted by atomic mass is 16.6. The third kappa shape index (κ3) is 8.50. The molecule has 0 saturated heterocycles. The Labute approximate surface area is 119 Å². The fourth-order valence-electron chi connectivity index (χ4n) is 1.50. The van der Waals surface area contributed by atoms with Crippen molar-refractivity contribution in [2.24, 2.45) is 5.92 Å². The number of hydrogen-bond acceptors (Lipinski definition) is 6. The molecule has 1 unspecified atom stereocenters. The van der Waals surface area contributed by atoms with Crippen LogP contribution in [0.15, 0.2) is 0 Å². The lowest BCUT2D eigenvalue weighted by Crippen LogP contribution is -2.29. The van der Waals surface area contributed by atoms with Gasteiger partial charge in [-0.25, -0.2) is 0 Å². The zero-order valence-corrected chi connectivity index (χ0v) is 12.9. The van der Waals surface area contributed by atoms with Crippen LogP contribution in [-0.4, -0.2) is 36.7 Å². The molecule has 0 aromatic heterocycles. The smallest absolute Gasteiger partial charge is 0.310 e. The van der Waals surface area contributed by atoms with Crippen LogP contribution in [0.2, 0.25) is 0 Å². The Morgan fingerprint density at radius 2 is 1.40 bits per heavy atom. The van der Waals surface area contributed by atoms with Crippen molar-refractivity contribution in [3.8, 4) is 0 Å². The highest BCUT2D eigenvalue weighted by Gasteiger charge is 2.29. The lowest BCUT2D eigenvalue weighted by molar-refractivity contribution is -0.163. The summed E-state index contributed by atoms with van der Waals surface area (Å²) >= 11 is 0. The van der Waals surface area contributed by atoms with E-state index in [-0.39, 0.29) is 26.1 Å². The van der Waals surface area contributed by atoms with Crippen LogP contribution in [0.1, 0.15) is 47.5 Å². The van der Waals surface area contributed by atoms with E-state index in [0.29, 0.717) is 0 Å². The van der Waals surface area contributed by atoms with E-state index < -0.39 is 29.4 Å². The maximum Gasteiger partial charge on any atom is 0.310 e. The van der Waals surface area contributed by atoms with E-state index in [9.17, 15) is 14.4 Å². The lowest BCUT2D eigenvalue weighted by atomic mass is 10.0. The maximum absolute atomic E-state index is 11.7. The highest BCUT2D eigenvalue weighted by Crippen LogP contribution is 2.16. The van der Waals surface area contributed by atoms with Gasteiger partial charge in [-0.2, -0.15) is 0 Å². The van der Waals surface area contributed by atoms with Gasteiger partial charge in [-0.3, -0.25) is 14.4 Å². The number of carbonyl (C=O) groups excluding carboxylic acids is 3. The molecule has 0 aromatic carbocycles. The second-order valence-electron chi connectivity index (χ2n) is 5.25. The van der Waals surface area contributed by atoms with Crippen LogP contribution in [0, 0.1) is 5.92 Å². The molecule has 0 heterocycles. The molecule has 0 aliphatic heterocycles. The largest absolute Gasteiger partial charge is 0.466 e. The molecule has 0 bridgehead atoms. The molecule has 0 aromatic rings. The van der Waals surface area contributed by atoms with E-state index in [4.69, 9.17) is 14.2 Å². The number of esters is 3. The second-order valence-corrected chi connectivity index (χ2v) is 5.25. The predicted octanol–water partition coefficient (Wildman–Crippen LogP) is 1.85. The zero-order valence-electron chi connectivity index (χ0n) is 12.9. The van der Waals surface area contributed by atoms with Crippen molar-refractivity contribution in [3.05, 3.63) is 0 Å². The number of hydrogen-bond donors (Lipinski definition) is 0. The minimum Gasteiger partial charge on any atom is -0.466 e. The summed E-state index contributed by atoms with van der Waals surface area (Å²) in [6.45, 7) is 8.94. The monoisotopic (exact) mass is 288 g/mol. The Morgan fingerprint density at radius 1 is 0.900 bits per heavy atom. The Kier molecular flexibility index (Phi) is 7.87. The minimum absolute atomic E-state index is 0.187. The highest BCUT2D eigenvalue weighted by molar-refractivity contribution is 5.84. The SMILES string of the molecule is CCOC(=O)CC(CC(=O)OC(C)(C)C)C(=O)OCC. The van der Waals surface area contributed by atoms with Crippen LogP contribution in [0.5, 0.6) is 0 Å². The maximum atomic E-state index is 11.7. The standard InChI is InChI=1S/C14H24O6/c1-6-18-11(15)8-10(13(17)19-7-2)9-12(16)20-14(3,4)5/h10H,6-9H2,1-5H3. The molecular weight excluding hydrogens is 264 g/mol. The summed E-state index contributed by atoms with van der Waals surface area (Å²) in [7, 11) is 0. The molecule has 0 rings (SSSR count). The molecule has 0 aliphatic carbocycles. The molecule has 0 radical (unpaired) electrons. The topological polar surface area (TPSA) is 78.9 Å². The Bertz CT molecular complexity index is 342. The summed E-state index contributed by atoms with van der Waals surface area (Å²) in [6, 6.07) is 0. The van der Waals surface area contributed by atoms with Crippen molar-refractivity contribution >= 4 is 17.9 Å². The first-order chi connectivity index (χ1) is 9.19. The van der Waals surface area contributed by atoms with E-state index in [1.165, 1.54) is 0 Å². The summed E-state index contributed by atoms with van der Waals surface area (Å²) in [5.41, 5.74) is -0.639. The molecule has 0 spiro atoms. The van der Waals surface area contributed by atoms with Gasteiger partial charge in [0.2, 0.25) is 0 Å². The molecule has 116 valence electrons. The van der Waals surface area contributed by atoms with Crippen LogP contribution < -0.4 is 0 Å². The Morgan fingerprint density at radius 3 is 1.85 bits per heavy atom. The quantitative estimate of drug-likeness (QED) is 0.525. The van der Waals surface area contributed by atoms with E-state index in [1.807, 2.05) is 0 Å². The van der Waals surface area contributed by atoms with Crippen molar-refractivity contribution in [2.45, 2.75) is 53.1 Å². The molecule has 0 fully saturated rings. The van der Waals surface area contributed by atoms with Crippen LogP contribution >= 0.6 is 0 Å². The fourth-order valence-corrected chi connectivity index (χ4v) is 1.50. The Balaban J connectivity index is 4.64. The molecule has 6 nitrogen and oxygen atoms in total.